The minimum atomic E-state index is -0.194. The molecule has 1 aromatic carbocycles. The monoisotopic (exact) mass is 399 g/mol. The first-order chi connectivity index (χ1) is 13.8. The number of carbonyl (C=O) groups excluding carboxylic acids is 1. The maximum Gasteiger partial charge on any atom is 0.168 e. The van der Waals surface area contributed by atoms with Crippen LogP contribution in [0.2, 0.25) is 0 Å². The van der Waals surface area contributed by atoms with Crippen molar-refractivity contribution in [3.05, 3.63) is 39.1 Å². The average Bonchev–Trinajstić information content (AvgIpc) is 3.17. The third-order valence-electron chi connectivity index (χ3n) is 6.52. The number of ether oxygens (including phenoxy) is 1. The second-order valence-electron chi connectivity index (χ2n) is 8.18. The van der Waals surface area contributed by atoms with E-state index in [9.17, 15) is 9.90 Å². The Kier molecular flexibility index (Phi) is 6.35. The summed E-state index contributed by atoms with van der Waals surface area (Å²) in [5.74, 6) is 0.695. The number of oxime groups is 1. The van der Waals surface area contributed by atoms with Gasteiger partial charge in [0.25, 0.3) is 0 Å². The molecule has 1 aliphatic carbocycles. The van der Waals surface area contributed by atoms with Crippen LogP contribution in [0.4, 0.5) is 0 Å². The first-order valence-corrected chi connectivity index (χ1v) is 10.7. The predicted octanol–water partition coefficient (Wildman–Crippen LogP) is 5.24. The highest BCUT2D eigenvalue weighted by atomic mass is 16.6. The number of nitrogens with zero attached hydrogens (tertiary/aromatic N) is 1. The van der Waals surface area contributed by atoms with Crippen LogP contribution in [-0.4, -0.2) is 29.8 Å². The lowest BCUT2D eigenvalue weighted by Crippen LogP contribution is -2.30. The van der Waals surface area contributed by atoms with E-state index in [1.165, 1.54) is 22.3 Å². The Morgan fingerprint density at radius 1 is 1.21 bits per heavy atom. The fourth-order valence-corrected chi connectivity index (χ4v) is 4.68. The number of hydrogen-bond acceptors (Lipinski definition) is 5. The summed E-state index contributed by atoms with van der Waals surface area (Å²) in [5.41, 5.74) is 6.95. The van der Waals surface area contributed by atoms with Crippen molar-refractivity contribution in [1.82, 2.24) is 0 Å². The number of fused-ring (bicyclic) bond motifs is 1. The van der Waals surface area contributed by atoms with Gasteiger partial charge in [-0.25, -0.2) is 0 Å². The SMILES string of the molecule is CCC/C(=N\OCC)C1=C(O)C(C)C(c2c(C)c(C)c(C)c3c2OCC3)CC1=O. The normalized spacial score (nSPS) is 22.0. The van der Waals surface area contributed by atoms with Crippen molar-refractivity contribution >= 4 is 11.5 Å². The molecule has 0 spiro atoms. The van der Waals surface area contributed by atoms with Gasteiger partial charge in [0.15, 0.2) is 5.78 Å². The summed E-state index contributed by atoms with van der Waals surface area (Å²) in [6.45, 7) is 13.4. The number of aliphatic hydroxyl groups is 1. The number of allylic oxidation sites excluding steroid dienone is 2. The maximum atomic E-state index is 13.2. The molecule has 2 atom stereocenters. The van der Waals surface area contributed by atoms with Gasteiger partial charge in [-0.15, -0.1) is 0 Å². The number of Topliss-reactive ketones (excluding diaryl/α,β-unsaturated/α-hetero) is 1. The Bertz CT molecular complexity index is 882. The summed E-state index contributed by atoms with van der Waals surface area (Å²) in [6, 6.07) is 0. The van der Waals surface area contributed by atoms with Gasteiger partial charge in [0.2, 0.25) is 0 Å². The molecule has 5 heteroatoms. The third kappa shape index (κ3) is 3.67. The van der Waals surface area contributed by atoms with E-state index in [-0.39, 0.29) is 23.4 Å². The minimum Gasteiger partial charge on any atom is -0.511 e. The van der Waals surface area contributed by atoms with Crippen molar-refractivity contribution in [3.8, 4) is 5.75 Å². The Balaban J connectivity index is 2.09. The van der Waals surface area contributed by atoms with Crippen LogP contribution in [0.15, 0.2) is 16.5 Å². The summed E-state index contributed by atoms with van der Waals surface area (Å²) in [6.07, 6.45) is 2.67. The standard InChI is InChI=1S/C24H33NO4/c1-7-9-19(25-29-8-2)22-20(26)12-18(16(6)23(22)27)21-15(5)13(3)14(4)17-10-11-28-24(17)21/h16,18,27H,7-12H2,1-6H3/b25-19+. The van der Waals surface area contributed by atoms with E-state index in [0.29, 0.717) is 37.3 Å². The lowest BCUT2D eigenvalue weighted by Gasteiger charge is -2.33. The molecular formula is C24H33NO4. The Morgan fingerprint density at radius 2 is 1.93 bits per heavy atom. The molecule has 0 bridgehead atoms. The third-order valence-corrected chi connectivity index (χ3v) is 6.52. The van der Waals surface area contributed by atoms with Crippen molar-refractivity contribution in [3.63, 3.8) is 0 Å². The summed E-state index contributed by atoms with van der Waals surface area (Å²) in [4.78, 5) is 18.4. The van der Waals surface area contributed by atoms with Crippen molar-refractivity contribution in [2.75, 3.05) is 13.2 Å². The second kappa shape index (κ2) is 8.60. The van der Waals surface area contributed by atoms with Crippen molar-refractivity contribution < 1.29 is 19.5 Å². The predicted molar refractivity (Wildman–Crippen MR) is 115 cm³/mol. The van der Waals surface area contributed by atoms with Gasteiger partial charge >= 0.3 is 0 Å². The van der Waals surface area contributed by atoms with E-state index < -0.39 is 0 Å². The Morgan fingerprint density at radius 3 is 2.59 bits per heavy atom. The fraction of sp³-hybridized carbons (Fsp3) is 0.583. The zero-order chi connectivity index (χ0) is 21.3. The number of rotatable bonds is 6. The van der Waals surface area contributed by atoms with Crippen molar-refractivity contribution in [2.45, 2.75) is 73.1 Å². The molecule has 0 fully saturated rings. The van der Waals surface area contributed by atoms with Crippen LogP contribution in [0.1, 0.15) is 73.8 Å². The van der Waals surface area contributed by atoms with Gasteiger partial charge < -0.3 is 14.7 Å². The second-order valence-corrected chi connectivity index (χ2v) is 8.18. The molecule has 29 heavy (non-hydrogen) atoms. The Labute approximate surface area is 173 Å². The fourth-order valence-electron chi connectivity index (χ4n) is 4.68. The topological polar surface area (TPSA) is 68.1 Å². The van der Waals surface area contributed by atoms with Crippen LogP contribution in [0.3, 0.4) is 0 Å². The lowest BCUT2D eigenvalue weighted by molar-refractivity contribution is -0.116. The van der Waals surface area contributed by atoms with Gasteiger partial charge in [0, 0.05) is 35.8 Å². The number of hydrogen-bond donors (Lipinski definition) is 1. The molecule has 0 amide bonds. The van der Waals surface area contributed by atoms with Gasteiger partial charge in [-0.1, -0.05) is 25.4 Å². The van der Waals surface area contributed by atoms with E-state index in [2.05, 4.69) is 25.9 Å². The van der Waals surface area contributed by atoms with Crippen LogP contribution in [-0.2, 0) is 16.1 Å². The zero-order valence-corrected chi connectivity index (χ0v) is 18.5. The van der Waals surface area contributed by atoms with Crippen LogP contribution in [0.5, 0.6) is 5.75 Å². The van der Waals surface area contributed by atoms with Crippen LogP contribution in [0.25, 0.3) is 0 Å². The number of carbonyl (C=O) groups is 1. The molecule has 1 aromatic rings. The minimum absolute atomic E-state index is 0.0677. The van der Waals surface area contributed by atoms with E-state index >= 15 is 0 Å². The molecule has 0 radical (unpaired) electrons. The summed E-state index contributed by atoms with van der Waals surface area (Å²) in [7, 11) is 0. The summed E-state index contributed by atoms with van der Waals surface area (Å²) >= 11 is 0. The van der Waals surface area contributed by atoms with Crippen molar-refractivity contribution in [1.29, 1.82) is 0 Å². The summed E-state index contributed by atoms with van der Waals surface area (Å²) < 4.78 is 6.03. The number of ketones is 1. The smallest absolute Gasteiger partial charge is 0.168 e. The molecule has 1 aliphatic heterocycles. The maximum absolute atomic E-state index is 13.2. The van der Waals surface area contributed by atoms with Gasteiger partial charge in [-0.2, -0.15) is 0 Å². The molecule has 3 rings (SSSR count). The average molecular weight is 400 g/mol. The molecule has 2 aliphatic rings. The van der Waals surface area contributed by atoms with Crippen LogP contribution < -0.4 is 4.74 Å². The van der Waals surface area contributed by atoms with Gasteiger partial charge in [-0.3, -0.25) is 4.79 Å². The molecule has 0 aromatic heterocycles. The number of benzene rings is 1. The highest BCUT2D eigenvalue weighted by Crippen LogP contribution is 2.48. The molecule has 158 valence electrons. The molecule has 0 saturated carbocycles. The first-order valence-electron chi connectivity index (χ1n) is 10.7. The van der Waals surface area contributed by atoms with Gasteiger partial charge in [0.1, 0.15) is 18.1 Å². The van der Waals surface area contributed by atoms with Gasteiger partial charge in [-0.05, 0) is 50.8 Å². The van der Waals surface area contributed by atoms with Crippen molar-refractivity contribution in [2.24, 2.45) is 11.1 Å². The largest absolute Gasteiger partial charge is 0.511 e. The quantitative estimate of drug-likeness (QED) is 0.524. The molecule has 1 N–H and O–H groups in total. The molecule has 0 saturated heterocycles. The molecule has 5 nitrogen and oxygen atoms in total. The molecule has 2 unspecified atom stereocenters. The first kappa shape index (κ1) is 21.4. The lowest BCUT2D eigenvalue weighted by atomic mass is 9.72. The zero-order valence-electron chi connectivity index (χ0n) is 18.5. The van der Waals surface area contributed by atoms with Crippen LogP contribution >= 0.6 is 0 Å². The van der Waals surface area contributed by atoms with Gasteiger partial charge in [0.05, 0.1) is 17.9 Å². The van der Waals surface area contributed by atoms with E-state index in [1.54, 1.807) is 0 Å². The highest BCUT2D eigenvalue weighted by molar-refractivity contribution is 6.23. The molecule has 1 heterocycles. The Hall–Kier alpha value is -2.30. The number of aliphatic hydroxyl groups excluding tert-OH is 1. The van der Waals surface area contributed by atoms with E-state index in [1.807, 2.05) is 20.8 Å². The van der Waals surface area contributed by atoms with Crippen LogP contribution in [0, 0.1) is 26.7 Å². The molecular weight excluding hydrogens is 366 g/mol. The summed E-state index contributed by atoms with van der Waals surface area (Å²) in [5, 5.41) is 15.2. The highest BCUT2D eigenvalue weighted by Gasteiger charge is 2.40. The van der Waals surface area contributed by atoms with E-state index in [4.69, 9.17) is 9.57 Å². The van der Waals surface area contributed by atoms with E-state index in [0.717, 1.165) is 24.2 Å².